The van der Waals surface area contributed by atoms with Gasteiger partial charge in [-0.25, -0.2) is 0 Å². The quantitative estimate of drug-likeness (QED) is 0.874. The van der Waals surface area contributed by atoms with Gasteiger partial charge in [0, 0.05) is 30.8 Å². The van der Waals surface area contributed by atoms with E-state index in [1.807, 2.05) is 71.6 Å². The van der Waals surface area contributed by atoms with Crippen LogP contribution in [0.3, 0.4) is 0 Å². The highest BCUT2D eigenvalue weighted by Crippen LogP contribution is 2.14. The molecule has 2 aromatic carbocycles. The molecule has 0 aliphatic carbocycles. The van der Waals surface area contributed by atoms with E-state index in [9.17, 15) is 9.59 Å². The van der Waals surface area contributed by atoms with E-state index in [2.05, 4.69) is 5.32 Å². The molecule has 0 aromatic heterocycles. The number of rotatable bonds is 4. The van der Waals surface area contributed by atoms with Gasteiger partial charge in [-0.05, 0) is 36.6 Å². The third-order valence-electron chi connectivity index (χ3n) is 4.38. The van der Waals surface area contributed by atoms with Crippen molar-refractivity contribution in [1.82, 2.24) is 10.2 Å². The van der Waals surface area contributed by atoms with E-state index in [4.69, 9.17) is 0 Å². The Kier molecular flexibility index (Phi) is 5.62. The van der Waals surface area contributed by atoms with Crippen LogP contribution in [0, 0.1) is 0 Å². The number of hydrogen-bond donors (Lipinski definition) is 1. The molecule has 2 amide bonds. The van der Waals surface area contributed by atoms with Crippen molar-refractivity contribution >= 4 is 17.9 Å². The molecule has 2 aromatic rings. The maximum atomic E-state index is 12.4. The molecule has 0 saturated carbocycles. The summed E-state index contributed by atoms with van der Waals surface area (Å²) in [7, 11) is 0. The van der Waals surface area contributed by atoms with Crippen molar-refractivity contribution in [1.29, 1.82) is 0 Å². The van der Waals surface area contributed by atoms with Crippen LogP contribution in [-0.2, 0) is 4.79 Å². The van der Waals surface area contributed by atoms with E-state index in [0.717, 1.165) is 24.0 Å². The molecule has 0 spiro atoms. The first kappa shape index (κ1) is 17.0. The minimum Gasteiger partial charge on any atom is -0.350 e. The first-order valence-electron chi connectivity index (χ1n) is 8.60. The van der Waals surface area contributed by atoms with Crippen molar-refractivity contribution in [2.45, 2.75) is 18.9 Å². The van der Waals surface area contributed by atoms with Gasteiger partial charge in [0.25, 0.3) is 5.91 Å². The summed E-state index contributed by atoms with van der Waals surface area (Å²) in [5, 5.41) is 3.02. The molecule has 1 aliphatic rings. The largest absolute Gasteiger partial charge is 0.350 e. The Morgan fingerprint density at radius 2 is 1.52 bits per heavy atom. The van der Waals surface area contributed by atoms with Gasteiger partial charge in [-0.15, -0.1) is 0 Å². The maximum Gasteiger partial charge on any atom is 0.253 e. The molecule has 0 atom stereocenters. The molecule has 4 nitrogen and oxygen atoms in total. The Morgan fingerprint density at radius 1 is 0.920 bits per heavy atom. The van der Waals surface area contributed by atoms with E-state index < -0.39 is 0 Å². The lowest BCUT2D eigenvalue weighted by molar-refractivity contribution is -0.117. The van der Waals surface area contributed by atoms with Crippen LogP contribution in [0.15, 0.2) is 66.7 Å². The van der Waals surface area contributed by atoms with Crippen LogP contribution >= 0.6 is 0 Å². The number of nitrogens with zero attached hydrogens (tertiary/aromatic N) is 1. The molecule has 1 fully saturated rings. The number of likely N-dealkylation sites (tertiary alicyclic amines) is 1. The van der Waals surface area contributed by atoms with Crippen molar-refractivity contribution in [2.75, 3.05) is 13.1 Å². The van der Waals surface area contributed by atoms with E-state index in [1.54, 1.807) is 6.08 Å². The van der Waals surface area contributed by atoms with Crippen molar-refractivity contribution in [2.24, 2.45) is 0 Å². The lowest BCUT2D eigenvalue weighted by Gasteiger charge is -2.32. The number of hydrogen-bond acceptors (Lipinski definition) is 2. The molecule has 0 bridgehead atoms. The molecule has 1 saturated heterocycles. The number of amides is 2. The Hall–Kier alpha value is -2.88. The van der Waals surface area contributed by atoms with Crippen molar-refractivity contribution in [3.8, 4) is 0 Å². The van der Waals surface area contributed by atoms with Crippen LogP contribution in [-0.4, -0.2) is 35.8 Å². The van der Waals surface area contributed by atoms with Gasteiger partial charge in [-0.2, -0.15) is 0 Å². The minimum atomic E-state index is -0.0864. The summed E-state index contributed by atoms with van der Waals surface area (Å²) >= 11 is 0. The van der Waals surface area contributed by atoms with Gasteiger partial charge in [-0.3, -0.25) is 9.59 Å². The van der Waals surface area contributed by atoms with Gasteiger partial charge in [-0.1, -0.05) is 48.5 Å². The zero-order valence-corrected chi connectivity index (χ0v) is 14.1. The molecule has 128 valence electrons. The summed E-state index contributed by atoms with van der Waals surface area (Å²) in [4.78, 5) is 26.3. The van der Waals surface area contributed by atoms with E-state index >= 15 is 0 Å². The van der Waals surface area contributed by atoms with Gasteiger partial charge in [0.1, 0.15) is 0 Å². The molecule has 0 unspecified atom stereocenters. The molecular weight excluding hydrogens is 312 g/mol. The lowest BCUT2D eigenvalue weighted by Crippen LogP contribution is -2.46. The molecule has 1 N–H and O–H groups in total. The van der Waals surface area contributed by atoms with Crippen LogP contribution in [0.4, 0.5) is 0 Å². The fourth-order valence-electron chi connectivity index (χ4n) is 2.98. The Balaban J connectivity index is 1.47. The standard InChI is InChI=1S/C21H22N2O2/c24-20(12-11-17-7-3-1-4-8-17)22-19-13-15-23(16-14-19)21(25)18-9-5-2-6-10-18/h1-12,19H,13-16H2,(H,22,24)/b12-11+. The molecule has 1 heterocycles. The summed E-state index contributed by atoms with van der Waals surface area (Å²) < 4.78 is 0. The highest BCUT2D eigenvalue weighted by molar-refractivity contribution is 5.94. The predicted molar refractivity (Wildman–Crippen MR) is 99.0 cm³/mol. The normalized spacial score (nSPS) is 15.3. The van der Waals surface area contributed by atoms with Crippen LogP contribution < -0.4 is 5.32 Å². The van der Waals surface area contributed by atoms with Crippen LogP contribution in [0.25, 0.3) is 6.08 Å². The predicted octanol–water partition coefficient (Wildman–Crippen LogP) is 3.12. The highest BCUT2D eigenvalue weighted by atomic mass is 16.2. The lowest BCUT2D eigenvalue weighted by atomic mass is 10.0. The average molecular weight is 334 g/mol. The van der Waals surface area contributed by atoms with Crippen LogP contribution in [0.2, 0.25) is 0 Å². The highest BCUT2D eigenvalue weighted by Gasteiger charge is 2.23. The van der Waals surface area contributed by atoms with Gasteiger partial charge in [0.2, 0.25) is 5.91 Å². The fraction of sp³-hybridized carbons (Fsp3) is 0.238. The maximum absolute atomic E-state index is 12.4. The molecule has 4 heteroatoms. The second-order valence-electron chi connectivity index (χ2n) is 6.19. The summed E-state index contributed by atoms with van der Waals surface area (Å²) in [5.74, 6) is -0.0222. The summed E-state index contributed by atoms with van der Waals surface area (Å²) in [6, 6.07) is 19.2. The van der Waals surface area contributed by atoms with Crippen LogP contribution in [0.5, 0.6) is 0 Å². The minimum absolute atomic E-state index is 0.0642. The van der Waals surface area contributed by atoms with Crippen molar-refractivity contribution in [3.63, 3.8) is 0 Å². The molecule has 0 radical (unpaired) electrons. The van der Waals surface area contributed by atoms with Gasteiger partial charge < -0.3 is 10.2 Å². The average Bonchev–Trinajstić information content (AvgIpc) is 2.68. The Morgan fingerprint density at radius 3 is 2.16 bits per heavy atom. The molecule has 1 aliphatic heterocycles. The van der Waals surface area contributed by atoms with Gasteiger partial charge in [0.15, 0.2) is 0 Å². The number of benzene rings is 2. The second kappa shape index (κ2) is 8.29. The summed E-state index contributed by atoms with van der Waals surface area (Å²) in [6.07, 6.45) is 4.94. The summed E-state index contributed by atoms with van der Waals surface area (Å²) in [6.45, 7) is 1.34. The fourth-order valence-corrected chi connectivity index (χ4v) is 2.98. The Labute approximate surface area is 148 Å². The van der Waals surface area contributed by atoms with E-state index in [-0.39, 0.29) is 17.9 Å². The third kappa shape index (κ3) is 4.80. The van der Waals surface area contributed by atoms with Crippen LogP contribution in [0.1, 0.15) is 28.8 Å². The van der Waals surface area contributed by atoms with Gasteiger partial charge >= 0.3 is 0 Å². The smallest absolute Gasteiger partial charge is 0.253 e. The topological polar surface area (TPSA) is 49.4 Å². The molecule has 3 rings (SSSR count). The number of nitrogens with one attached hydrogen (secondary N) is 1. The number of carbonyl (C=O) groups is 2. The Bertz CT molecular complexity index is 733. The zero-order chi connectivity index (χ0) is 17.5. The zero-order valence-electron chi connectivity index (χ0n) is 14.1. The molecule has 25 heavy (non-hydrogen) atoms. The number of piperidine rings is 1. The third-order valence-corrected chi connectivity index (χ3v) is 4.38. The second-order valence-corrected chi connectivity index (χ2v) is 6.19. The monoisotopic (exact) mass is 334 g/mol. The van der Waals surface area contributed by atoms with Crippen molar-refractivity contribution < 1.29 is 9.59 Å². The first-order valence-corrected chi connectivity index (χ1v) is 8.60. The van der Waals surface area contributed by atoms with E-state index in [1.165, 1.54) is 0 Å². The van der Waals surface area contributed by atoms with E-state index in [0.29, 0.717) is 13.1 Å². The SMILES string of the molecule is O=C(/C=C/c1ccccc1)NC1CCN(C(=O)c2ccccc2)CC1. The molecular formula is C21H22N2O2. The summed E-state index contributed by atoms with van der Waals surface area (Å²) in [5.41, 5.74) is 1.72. The number of carbonyl (C=O) groups excluding carboxylic acids is 2. The first-order chi connectivity index (χ1) is 12.2. The van der Waals surface area contributed by atoms with Crippen molar-refractivity contribution in [3.05, 3.63) is 77.9 Å². The van der Waals surface area contributed by atoms with Gasteiger partial charge in [0.05, 0.1) is 0 Å².